The van der Waals surface area contributed by atoms with Crippen molar-refractivity contribution in [1.82, 2.24) is 0 Å². The molecular weight excluding hydrogens is 202 g/mol. The van der Waals surface area contributed by atoms with E-state index in [9.17, 15) is 31.1 Å². The zero-order chi connectivity index (χ0) is 10.9. The predicted octanol–water partition coefficient (Wildman–Crippen LogP) is 2.63. The number of hydrogen-bond acceptors (Lipinski definition) is 1. The third kappa shape index (κ3) is 2.74. The fourth-order valence-electron chi connectivity index (χ4n) is 0.404. The summed E-state index contributed by atoms with van der Waals surface area (Å²) in [5.41, 5.74) is 0. The molecular formula is C6H4F6O. The molecule has 7 heteroatoms. The quantitative estimate of drug-likeness (QED) is 0.501. The van der Waals surface area contributed by atoms with Crippen LogP contribution < -0.4 is 0 Å². The van der Waals surface area contributed by atoms with Gasteiger partial charge in [0.05, 0.1) is 0 Å². The minimum absolute atomic E-state index is 0.395. The van der Waals surface area contributed by atoms with Crippen LogP contribution in [0.15, 0.2) is 11.9 Å². The maximum atomic E-state index is 12.1. The molecule has 0 aromatic carbocycles. The Morgan fingerprint density at radius 1 is 1.15 bits per heavy atom. The van der Waals surface area contributed by atoms with Crippen molar-refractivity contribution in [2.45, 2.75) is 19.0 Å². The molecule has 0 atom stereocenters. The van der Waals surface area contributed by atoms with Crippen molar-refractivity contribution >= 4 is 5.78 Å². The maximum Gasteiger partial charge on any atom is 0.460 e. The minimum Gasteiger partial charge on any atom is -0.295 e. The molecule has 13 heavy (non-hydrogen) atoms. The normalized spacial score (nSPS) is 14.5. The minimum atomic E-state index is -6.02. The molecule has 0 radical (unpaired) electrons. The molecule has 1 nitrogen and oxygen atoms in total. The fourth-order valence-corrected chi connectivity index (χ4v) is 0.404. The molecule has 0 amide bonds. The number of carbonyl (C=O) groups excluding carboxylic acids is 1. The van der Waals surface area contributed by atoms with Crippen LogP contribution >= 0.6 is 0 Å². The lowest BCUT2D eigenvalue weighted by molar-refractivity contribution is -0.270. The lowest BCUT2D eigenvalue weighted by atomic mass is 10.2. The van der Waals surface area contributed by atoms with E-state index in [1.165, 1.54) is 0 Å². The summed E-state index contributed by atoms with van der Waals surface area (Å²) in [6.07, 6.45) is -6.42. The molecule has 0 saturated carbocycles. The second kappa shape index (κ2) is 3.39. The van der Waals surface area contributed by atoms with Crippen molar-refractivity contribution in [1.29, 1.82) is 0 Å². The highest BCUT2D eigenvalue weighted by molar-refractivity contribution is 5.87. The van der Waals surface area contributed by atoms with E-state index < -0.39 is 29.8 Å². The van der Waals surface area contributed by atoms with Gasteiger partial charge in [0, 0.05) is 6.08 Å². The highest BCUT2D eigenvalue weighted by atomic mass is 19.4. The molecule has 76 valence electrons. The first kappa shape index (κ1) is 12.0. The summed E-state index contributed by atoms with van der Waals surface area (Å²) < 4.78 is 70.2. The van der Waals surface area contributed by atoms with Crippen LogP contribution in [0.4, 0.5) is 26.3 Å². The number of ketones is 1. The Bertz CT molecular complexity index is 238. The van der Waals surface area contributed by atoms with E-state index in [4.69, 9.17) is 0 Å². The Balaban J connectivity index is 4.95. The van der Waals surface area contributed by atoms with Crippen molar-refractivity contribution in [3.05, 3.63) is 11.9 Å². The smallest absolute Gasteiger partial charge is 0.295 e. The molecule has 0 bridgehead atoms. The van der Waals surface area contributed by atoms with E-state index in [1.54, 1.807) is 0 Å². The van der Waals surface area contributed by atoms with Crippen molar-refractivity contribution in [2.24, 2.45) is 0 Å². The molecule has 0 saturated heterocycles. The van der Waals surface area contributed by atoms with Crippen LogP contribution in [0.25, 0.3) is 0 Å². The summed E-state index contributed by atoms with van der Waals surface area (Å²) in [5, 5.41) is 0. The first-order valence-corrected chi connectivity index (χ1v) is 2.92. The number of hydrogen-bond donors (Lipinski definition) is 0. The highest BCUT2D eigenvalue weighted by Gasteiger charge is 2.61. The molecule has 0 rings (SSSR count). The van der Waals surface area contributed by atoms with Gasteiger partial charge in [0.25, 0.3) is 0 Å². The first-order valence-electron chi connectivity index (χ1n) is 2.92. The van der Waals surface area contributed by atoms with Gasteiger partial charge < -0.3 is 0 Å². The van der Waals surface area contributed by atoms with Gasteiger partial charge in [0.15, 0.2) is 11.6 Å². The van der Waals surface area contributed by atoms with E-state index >= 15 is 0 Å². The topological polar surface area (TPSA) is 17.1 Å². The molecule has 0 aliphatic carbocycles. The zero-order valence-corrected chi connectivity index (χ0v) is 6.25. The van der Waals surface area contributed by atoms with Gasteiger partial charge in [-0.25, -0.2) is 4.39 Å². The number of carbonyl (C=O) groups is 1. The van der Waals surface area contributed by atoms with Crippen molar-refractivity contribution in [3.63, 3.8) is 0 Å². The summed E-state index contributed by atoms with van der Waals surface area (Å²) in [7, 11) is 0. The summed E-state index contributed by atoms with van der Waals surface area (Å²) in [6, 6.07) is 0. The van der Waals surface area contributed by atoms with Crippen LogP contribution in [0, 0.1) is 0 Å². The van der Waals surface area contributed by atoms with Gasteiger partial charge in [-0.2, -0.15) is 22.0 Å². The Labute approximate surface area is 69.0 Å². The van der Waals surface area contributed by atoms with Crippen LogP contribution in [-0.4, -0.2) is 17.9 Å². The third-order valence-corrected chi connectivity index (χ3v) is 0.986. The van der Waals surface area contributed by atoms with E-state index in [0.717, 1.165) is 0 Å². The summed E-state index contributed by atoms with van der Waals surface area (Å²) in [4.78, 5) is 10.0. The SMILES string of the molecule is CC(=O)/C=C(\F)C(F)(F)C(F)(F)F. The van der Waals surface area contributed by atoms with E-state index in [-0.39, 0.29) is 0 Å². The van der Waals surface area contributed by atoms with Gasteiger partial charge >= 0.3 is 12.1 Å². The Kier molecular flexibility index (Phi) is 3.13. The highest BCUT2D eigenvalue weighted by Crippen LogP contribution is 2.41. The lowest BCUT2D eigenvalue weighted by Gasteiger charge is -2.16. The van der Waals surface area contributed by atoms with Crippen LogP contribution in [0.2, 0.25) is 0 Å². The van der Waals surface area contributed by atoms with Crippen LogP contribution in [0.1, 0.15) is 6.92 Å². The molecule has 0 aliphatic heterocycles. The Morgan fingerprint density at radius 3 is 1.77 bits per heavy atom. The maximum absolute atomic E-state index is 12.1. The van der Waals surface area contributed by atoms with E-state index in [0.29, 0.717) is 6.92 Å². The molecule has 0 aromatic heterocycles. The molecule has 0 unspecified atom stereocenters. The number of alkyl halides is 5. The van der Waals surface area contributed by atoms with E-state index in [1.807, 2.05) is 0 Å². The second-order valence-corrected chi connectivity index (χ2v) is 2.18. The second-order valence-electron chi connectivity index (χ2n) is 2.18. The first-order chi connectivity index (χ1) is 5.59. The van der Waals surface area contributed by atoms with Gasteiger partial charge in [-0.05, 0) is 6.92 Å². The zero-order valence-electron chi connectivity index (χ0n) is 6.25. The van der Waals surface area contributed by atoms with Crippen molar-refractivity contribution in [2.75, 3.05) is 0 Å². The largest absolute Gasteiger partial charge is 0.460 e. The van der Waals surface area contributed by atoms with Gasteiger partial charge in [-0.1, -0.05) is 0 Å². The predicted molar refractivity (Wildman–Crippen MR) is 30.9 cm³/mol. The van der Waals surface area contributed by atoms with Gasteiger partial charge in [-0.3, -0.25) is 4.79 Å². The average molecular weight is 206 g/mol. The Morgan fingerprint density at radius 2 is 1.54 bits per heavy atom. The third-order valence-electron chi connectivity index (χ3n) is 0.986. The monoisotopic (exact) mass is 206 g/mol. The lowest BCUT2D eigenvalue weighted by Crippen LogP contribution is -2.37. The molecule has 0 aliphatic rings. The van der Waals surface area contributed by atoms with Gasteiger partial charge in [-0.15, -0.1) is 0 Å². The summed E-state index contributed by atoms with van der Waals surface area (Å²) in [6.45, 7) is 0.659. The standard InChI is InChI=1S/C6H4F6O/c1-3(13)2-4(7)5(8,9)6(10,11)12/h2H,1H3/b4-2-. The number of halogens is 6. The average Bonchev–Trinajstić information content (AvgIpc) is 1.82. The number of rotatable bonds is 2. The Hall–Kier alpha value is -1.01. The molecule has 0 heterocycles. The summed E-state index contributed by atoms with van der Waals surface area (Å²) >= 11 is 0. The van der Waals surface area contributed by atoms with E-state index in [2.05, 4.69) is 0 Å². The van der Waals surface area contributed by atoms with Crippen molar-refractivity contribution < 1.29 is 31.1 Å². The van der Waals surface area contributed by atoms with Crippen molar-refractivity contribution in [3.8, 4) is 0 Å². The van der Waals surface area contributed by atoms with Crippen LogP contribution in [0.5, 0.6) is 0 Å². The summed E-state index contributed by atoms with van der Waals surface area (Å²) in [5.74, 6) is -9.62. The van der Waals surface area contributed by atoms with Gasteiger partial charge in [0.1, 0.15) is 0 Å². The molecule has 0 N–H and O–H groups in total. The fraction of sp³-hybridized carbons (Fsp3) is 0.500. The molecule has 0 spiro atoms. The van der Waals surface area contributed by atoms with Gasteiger partial charge in [0.2, 0.25) is 0 Å². The molecule has 0 aromatic rings. The molecule has 0 fully saturated rings. The van der Waals surface area contributed by atoms with Crippen LogP contribution in [0.3, 0.4) is 0 Å². The van der Waals surface area contributed by atoms with Crippen LogP contribution in [-0.2, 0) is 4.79 Å². The number of allylic oxidation sites excluding steroid dienone is 2.